The van der Waals surface area contributed by atoms with Crippen LogP contribution in [0.15, 0.2) is 0 Å². The molecule has 0 saturated carbocycles. The van der Waals surface area contributed by atoms with Gasteiger partial charge in [-0.15, -0.1) is 12.4 Å². The normalized spacial score (nSPS) is 16.4. The molecule has 70 valence electrons. The van der Waals surface area contributed by atoms with Crippen molar-refractivity contribution in [2.24, 2.45) is 5.73 Å². The number of piperazine rings is 1. The predicted molar refractivity (Wildman–Crippen MR) is 45.9 cm³/mol. The summed E-state index contributed by atoms with van der Waals surface area (Å²) in [6.07, 6.45) is 0. The average Bonchev–Trinajstić information content (AvgIpc) is 2.03. The average molecular weight is 194 g/mol. The molecule has 1 fully saturated rings. The number of carbonyl (C=O) groups excluding carboxylic acids is 2. The summed E-state index contributed by atoms with van der Waals surface area (Å²) in [5, 5.41) is 2.62. The number of nitrogens with zero attached hydrogens (tertiary/aromatic N) is 1. The number of nitrogens with one attached hydrogen (secondary N) is 1. The Hall–Kier alpha value is -0.810. The van der Waals surface area contributed by atoms with Gasteiger partial charge in [0.15, 0.2) is 0 Å². The minimum Gasteiger partial charge on any atom is -0.353 e. The van der Waals surface area contributed by atoms with E-state index in [1.165, 1.54) is 4.90 Å². The molecule has 0 spiro atoms. The number of nitrogens with two attached hydrogens (primary N) is 1. The van der Waals surface area contributed by atoms with Crippen LogP contribution in [0.5, 0.6) is 0 Å². The van der Waals surface area contributed by atoms with Gasteiger partial charge in [-0.2, -0.15) is 0 Å². The molecule has 12 heavy (non-hydrogen) atoms. The zero-order valence-electron chi connectivity index (χ0n) is 6.58. The Morgan fingerprint density at radius 2 is 2.33 bits per heavy atom. The third-order valence-corrected chi connectivity index (χ3v) is 1.57. The highest BCUT2D eigenvalue weighted by Gasteiger charge is 2.19. The molecule has 1 aliphatic heterocycles. The van der Waals surface area contributed by atoms with Crippen LogP contribution in [0, 0.1) is 0 Å². The van der Waals surface area contributed by atoms with Crippen LogP contribution < -0.4 is 11.1 Å². The minimum atomic E-state index is -0.167. The minimum absolute atomic E-state index is 0. The van der Waals surface area contributed by atoms with Gasteiger partial charge in [-0.05, 0) is 0 Å². The molecule has 0 aromatic carbocycles. The van der Waals surface area contributed by atoms with E-state index in [0.717, 1.165) is 0 Å². The van der Waals surface area contributed by atoms with Crippen molar-refractivity contribution in [2.45, 2.75) is 0 Å². The summed E-state index contributed by atoms with van der Waals surface area (Å²) in [6.45, 7) is 1.23. The lowest BCUT2D eigenvalue weighted by molar-refractivity contribution is -0.137. The maximum absolute atomic E-state index is 10.9. The number of hydrogen-bond donors (Lipinski definition) is 2. The molecule has 0 aromatic heterocycles. The molecule has 0 aromatic rings. The van der Waals surface area contributed by atoms with Crippen LogP contribution in [0.4, 0.5) is 0 Å². The van der Waals surface area contributed by atoms with E-state index in [4.69, 9.17) is 5.73 Å². The molecule has 0 aliphatic carbocycles. The van der Waals surface area contributed by atoms with Gasteiger partial charge in [0.1, 0.15) is 0 Å². The van der Waals surface area contributed by atoms with Gasteiger partial charge in [0.05, 0.1) is 13.1 Å². The second-order valence-electron chi connectivity index (χ2n) is 2.37. The van der Waals surface area contributed by atoms with Crippen molar-refractivity contribution in [3.63, 3.8) is 0 Å². The summed E-state index contributed by atoms with van der Waals surface area (Å²) in [6, 6.07) is 0. The van der Waals surface area contributed by atoms with Gasteiger partial charge in [0.25, 0.3) is 0 Å². The first kappa shape index (κ1) is 11.2. The van der Waals surface area contributed by atoms with Crippen molar-refractivity contribution < 1.29 is 9.59 Å². The summed E-state index contributed by atoms with van der Waals surface area (Å²) >= 11 is 0. The number of hydrogen-bond acceptors (Lipinski definition) is 3. The van der Waals surface area contributed by atoms with Crippen molar-refractivity contribution in [1.82, 2.24) is 10.2 Å². The molecule has 0 radical (unpaired) electrons. The Bertz CT molecular complexity index is 186. The highest BCUT2D eigenvalue weighted by atomic mass is 35.5. The number of carbonyl (C=O) groups is 2. The molecule has 3 N–H and O–H groups in total. The molecular weight excluding hydrogens is 182 g/mol. The van der Waals surface area contributed by atoms with E-state index in [1.807, 2.05) is 0 Å². The van der Waals surface area contributed by atoms with E-state index in [1.54, 1.807) is 0 Å². The number of amides is 2. The van der Waals surface area contributed by atoms with Crippen LogP contribution in [0.25, 0.3) is 0 Å². The van der Waals surface area contributed by atoms with E-state index in [9.17, 15) is 9.59 Å². The first-order valence-corrected chi connectivity index (χ1v) is 3.48. The van der Waals surface area contributed by atoms with Gasteiger partial charge >= 0.3 is 0 Å². The van der Waals surface area contributed by atoms with Crippen molar-refractivity contribution in [2.75, 3.05) is 26.2 Å². The van der Waals surface area contributed by atoms with Crippen LogP contribution in [0.1, 0.15) is 0 Å². The monoisotopic (exact) mass is 193 g/mol. The third-order valence-electron chi connectivity index (χ3n) is 1.57. The molecule has 0 bridgehead atoms. The van der Waals surface area contributed by atoms with Crippen molar-refractivity contribution in [3.05, 3.63) is 0 Å². The SMILES string of the molecule is Cl.NCC(=O)N1CCNC(=O)C1. The Morgan fingerprint density at radius 3 is 2.83 bits per heavy atom. The van der Waals surface area contributed by atoms with Crippen LogP contribution >= 0.6 is 12.4 Å². The van der Waals surface area contributed by atoms with E-state index in [0.29, 0.717) is 13.1 Å². The Balaban J connectivity index is 0.00000121. The maximum Gasteiger partial charge on any atom is 0.239 e. The molecule has 2 amide bonds. The summed E-state index contributed by atoms with van der Waals surface area (Å²) in [4.78, 5) is 23.1. The third kappa shape index (κ3) is 2.67. The Kier molecular flexibility index (Phi) is 4.61. The van der Waals surface area contributed by atoms with Crippen LogP contribution in [-0.4, -0.2) is 42.9 Å². The lowest BCUT2D eigenvalue weighted by Crippen LogP contribution is -2.51. The smallest absolute Gasteiger partial charge is 0.239 e. The molecule has 0 atom stereocenters. The number of rotatable bonds is 1. The standard InChI is InChI=1S/C6H11N3O2.ClH/c7-3-6(11)9-2-1-8-5(10)4-9;/h1-4,7H2,(H,8,10);1H. The zero-order chi connectivity index (χ0) is 8.27. The second kappa shape index (κ2) is 4.95. The summed E-state index contributed by atoms with van der Waals surface area (Å²) in [5.74, 6) is -0.280. The van der Waals surface area contributed by atoms with Crippen LogP contribution in [0.3, 0.4) is 0 Å². The molecule has 1 heterocycles. The molecule has 1 saturated heterocycles. The molecule has 1 rings (SSSR count). The van der Waals surface area contributed by atoms with Gasteiger partial charge in [-0.3, -0.25) is 9.59 Å². The largest absolute Gasteiger partial charge is 0.353 e. The zero-order valence-corrected chi connectivity index (χ0v) is 7.39. The van der Waals surface area contributed by atoms with Gasteiger partial charge in [0, 0.05) is 13.1 Å². The fourth-order valence-electron chi connectivity index (χ4n) is 0.981. The topological polar surface area (TPSA) is 75.4 Å². The van der Waals surface area contributed by atoms with Crippen molar-refractivity contribution >= 4 is 24.2 Å². The highest BCUT2D eigenvalue weighted by molar-refractivity contribution is 5.86. The van der Waals surface area contributed by atoms with E-state index >= 15 is 0 Å². The summed E-state index contributed by atoms with van der Waals surface area (Å²) in [7, 11) is 0. The molecule has 0 unspecified atom stereocenters. The van der Waals surface area contributed by atoms with Gasteiger partial charge in [-0.1, -0.05) is 0 Å². The van der Waals surface area contributed by atoms with Crippen LogP contribution in [0.2, 0.25) is 0 Å². The van der Waals surface area contributed by atoms with E-state index in [2.05, 4.69) is 5.32 Å². The summed E-state index contributed by atoms with van der Waals surface area (Å²) in [5.41, 5.74) is 5.13. The quantitative estimate of drug-likeness (QED) is 0.523. The number of halogens is 1. The second-order valence-corrected chi connectivity index (χ2v) is 2.37. The molecule has 5 nitrogen and oxygen atoms in total. The van der Waals surface area contributed by atoms with Crippen molar-refractivity contribution in [3.8, 4) is 0 Å². The molecular formula is C6H12ClN3O2. The van der Waals surface area contributed by atoms with E-state index < -0.39 is 0 Å². The lowest BCUT2D eigenvalue weighted by Gasteiger charge is -2.25. The Labute approximate surface area is 76.7 Å². The summed E-state index contributed by atoms with van der Waals surface area (Å²) < 4.78 is 0. The maximum atomic E-state index is 10.9. The van der Waals surface area contributed by atoms with Crippen molar-refractivity contribution in [1.29, 1.82) is 0 Å². The fraction of sp³-hybridized carbons (Fsp3) is 0.667. The molecule has 6 heteroatoms. The fourth-order valence-corrected chi connectivity index (χ4v) is 0.981. The van der Waals surface area contributed by atoms with Crippen LogP contribution in [-0.2, 0) is 9.59 Å². The predicted octanol–water partition coefficient (Wildman–Crippen LogP) is -1.67. The van der Waals surface area contributed by atoms with Gasteiger partial charge in [0.2, 0.25) is 11.8 Å². The first-order chi connectivity index (χ1) is 5.24. The highest BCUT2D eigenvalue weighted by Crippen LogP contribution is 1.92. The van der Waals surface area contributed by atoms with E-state index in [-0.39, 0.29) is 37.3 Å². The van der Waals surface area contributed by atoms with Gasteiger partial charge in [-0.25, -0.2) is 0 Å². The lowest BCUT2D eigenvalue weighted by atomic mass is 10.3. The van der Waals surface area contributed by atoms with Gasteiger partial charge < -0.3 is 16.0 Å². The Morgan fingerprint density at radius 1 is 1.67 bits per heavy atom. The first-order valence-electron chi connectivity index (χ1n) is 3.48. The molecule has 1 aliphatic rings.